The average Bonchev–Trinajstić information content (AvgIpc) is 1.69. The summed E-state index contributed by atoms with van der Waals surface area (Å²) in [4.78, 5) is 0. The zero-order chi connectivity index (χ0) is 6.57. The van der Waals surface area contributed by atoms with Gasteiger partial charge in [0.2, 0.25) is 0 Å². The summed E-state index contributed by atoms with van der Waals surface area (Å²) in [7, 11) is 0. The number of hydrazine groups is 1. The number of nitrogens with one attached hydrogen (secondary N) is 1. The van der Waals surface area contributed by atoms with E-state index in [0.29, 0.717) is 12.0 Å². The van der Waals surface area contributed by atoms with Crippen molar-refractivity contribution in [1.82, 2.24) is 5.43 Å². The molecule has 50 valence electrons. The van der Waals surface area contributed by atoms with E-state index in [2.05, 4.69) is 26.2 Å². The number of hydrogen-bond donors (Lipinski definition) is 2. The van der Waals surface area contributed by atoms with Crippen molar-refractivity contribution >= 4 is 0 Å². The predicted octanol–water partition coefficient (Wildman–Crippen LogP) is 0.884. The van der Waals surface area contributed by atoms with E-state index in [9.17, 15) is 0 Å². The molecule has 1 unspecified atom stereocenters. The van der Waals surface area contributed by atoms with E-state index < -0.39 is 0 Å². The molecule has 0 rings (SSSR count). The normalized spacial score (nSPS) is 14.6. The van der Waals surface area contributed by atoms with Gasteiger partial charge in [0.25, 0.3) is 0 Å². The third kappa shape index (κ3) is 2.28. The van der Waals surface area contributed by atoms with Crippen molar-refractivity contribution in [3.8, 4) is 0 Å². The van der Waals surface area contributed by atoms with E-state index in [1.54, 1.807) is 0 Å². The largest absolute Gasteiger partial charge is 0.271 e. The Balaban J connectivity index is 3.35. The second-order valence-electron chi connectivity index (χ2n) is 2.43. The van der Waals surface area contributed by atoms with Crippen molar-refractivity contribution < 1.29 is 0 Å². The molecule has 0 heterocycles. The second-order valence-corrected chi connectivity index (χ2v) is 2.43. The molecule has 1 atom stereocenters. The highest BCUT2D eigenvalue weighted by atomic mass is 15.2. The minimum absolute atomic E-state index is 0.481. The molecule has 3 N–H and O–H groups in total. The molecule has 0 aliphatic carbocycles. The molecule has 0 aromatic heterocycles. The molecule has 0 saturated carbocycles. The summed E-state index contributed by atoms with van der Waals surface area (Å²) in [6, 6.07) is 0.481. The van der Waals surface area contributed by atoms with Crippen molar-refractivity contribution in [1.29, 1.82) is 0 Å². The zero-order valence-electron chi connectivity index (χ0n) is 5.94. The zero-order valence-corrected chi connectivity index (χ0v) is 5.94. The van der Waals surface area contributed by atoms with Crippen molar-refractivity contribution in [2.45, 2.75) is 33.2 Å². The maximum atomic E-state index is 5.23. The van der Waals surface area contributed by atoms with Crippen LogP contribution < -0.4 is 11.3 Å². The van der Waals surface area contributed by atoms with Gasteiger partial charge in [0.1, 0.15) is 0 Å². The lowest BCUT2D eigenvalue weighted by Crippen LogP contribution is -2.38. The average molecular weight is 116 g/mol. The molecule has 0 aliphatic heterocycles. The highest BCUT2D eigenvalue weighted by molar-refractivity contribution is 4.63. The molecule has 0 spiro atoms. The van der Waals surface area contributed by atoms with Crippen LogP contribution in [0.25, 0.3) is 0 Å². The van der Waals surface area contributed by atoms with Crippen LogP contribution in [0.1, 0.15) is 27.2 Å². The van der Waals surface area contributed by atoms with E-state index in [0.717, 1.165) is 6.42 Å². The summed E-state index contributed by atoms with van der Waals surface area (Å²) < 4.78 is 0. The summed E-state index contributed by atoms with van der Waals surface area (Å²) in [5, 5.41) is 0. The van der Waals surface area contributed by atoms with Crippen LogP contribution in [0.15, 0.2) is 0 Å². The summed E-state index contributed by atoms with van der Waals surface area (Å²) in [5.41, 5.74) is 2.75. The van der Waals surface area contributed by atoms with E-state index in [-0.39, 0.29) is 0 Å². The molecule has 8 heavy (non-hydrogen) atoms. The van der Waals surface area contributed by atoms with Gasteiger partial charge >= 0.3 is 0 Å². The van der Waals surface area contributed by atoms with Gasteiger partial charge in [-0.3, -0.25) is 11.3 Å². The minimum Gasteiger partial charge on any atom is -0.271 e. The fourth-order valence-corrected chi connectivity index (χ4v) is 0.782. The van der Waals surface area contributed by atoms with E-state index in [4.69, 9.17) is 5.84 Å². The molecule has 0 radical (unpaired) electrons. The van der Waals surface area contributed by atoms with Gasteiger partial charge < -0.3 is 0 Å². The molecule has 0 saturated heterocycles. The van der Waals surface area contributed by atoms with Crippen LogP contribution in [0.4, 0.5) is 0 Å². The fourth-order valence-electron chi connectivity index (χ4n) is 0.782. The van der Waals surface area contributed by atoms with Gasteiger partial charge in [-0.2, -0.15) is 0 Å². The maximum absolute atomic E-state index is 5.23. The van der Waals surface area contributed by atoms with Crippen molar-refractivity contribution in [2.75, 3.05) is 0 Å². The van der Waals surface area contributed by atoms with Gasteiger partial charge in [-0.15, -0.1) is 0 Å². The van der Waals surface area contributed by atoms with E-state index >= 15 is 0 Å². The topological polar surface area (TPSA) is 38.0 Å². The molecule has 2 heteroatoms. The molecular weight excluding hydrogens is 100 g/mol. The van der Waals surface area contributed by atoms with Crippen molar-refractivity contribution in [2.24, 2.45) is 11.8 Å². The molecule has 2 nitrogen and oxygen atoms in total. The van der Waals surface area contributed by atoms with Crippen LogP contribution in [0.3, 0.4) is 0 Å². The quantitative estimate of drug-likeness (QED) is 0.424. The number of nitrogens with two attached hydrogens (primary N) is 1. The van der Waals surface area contributed by atoms with Crippen molar-refractivity contribution in [3.63, 3.8) is 0 Å². The van der Waals surface area contributed by atoms with Gasteiger partial charge in [-0.25, -0.2) is 0 Å². The van der Waals surface area contributed by atoms with E-state index in [1.807, 2.05) is 0 Å². The molecule has 0 bridgehead atoms. The standard InChI is InChI=1S/C6H16N2/c1-4-6(8-7)5(2)3/h5-6,8H,4,7H2,1-3H3. The highest BCUT2D eigenvalue weighted by Gasteiger charge is 2.06. The highest BCUT2D eigenvalue weighted by Crippen LogP contribution is 2.02. The third-order valence-corrected chi connectivity index (χ3v) is 1.46. The van der Waals surface area contributed by atoms with E-state index in [1.165, 1.54) is 0 Å². The smallest absolute Gasteiger partial charge is 0.0230 e. The Morgan fingerprint density at radius 1 is 1.50 bits per heavy atom. The summed E-state index contributed by atoms with van der Waals surface area (Å²) in [5.74, 6) is 5.88. The van der Waals surface area contributed by atoms with Crippen LogP contribution in [-0.4, -0.2) is 6.04 Å². The molecule has 0 amide bonds. The monoisotopic (exact) mass is 116 g/mol. The van der Waals surface area contributed by atoms with Crippen LogP contribution in [-0.2, 0) is 0 Å². The molecule has 0 aromatic rings. The Morgan fingerprint density at radius 2 is 2.00 bits per heavy atom. The summed E-state index contributed by atoms with van der Waals surface area (Å²) >= 11 is 0. The summed E-state index contributed by atoms with van der Waals surface area (Å²) in [6.07, 6.45) is 1.11. The lowest BCUT2D eigenvalue weighted by molar-refractivity contribution is 0.396. The van der Waals surface area contributed by atoms with Crippen LogP contribution >= 0.6 is 0 Å². The second kappa shape index (κ2) is 3.87. The lowest BCUT2D eigenvalue weighted by Gasteiger charge is -2.16. The molecule has 0 aromatic carbocycles. The van der Waals surface area contributed by atoms with Crippen LogP contribution in [0.5, 0.6) is 0 Å². The molecule has 0 aliphatic rings. The maximum Gasteiger partial charge on any atom is 0.0230 e. The third-order valence-electron chi connectivity index (χ3n) is 1.46. The van der Waals surface area contributed by atoms with Gasteiger partial charge in [-0.05, 0) is 12.3 Å². The fraction of sp³-hybridized carbons (Fsp3) is 1.00. The first-order valence-electron chi connectivity index (χ1n) is 3.18. The first-order valence-corrected chi connectivity index (χ1v) is 3.18. The Bertz CT molecular complexity index is 48.5. The minimum atomic E-state index is 0.481. The van der Waals surface area contributed by atoms with Gasteiger partial charge in [0.15, 0.2) is 0 Å². The van der Waals surface area contributed by atoms with Gasteiger partial charge in [0, 0.05) is 6.04 Å². The lowest BCUT2D eigenvalue weighted by atomic mass is 10.0. The van der Waals surface area contributed by atoms with Crippen LogP contribution in [0.2, 0.25) is 0 Å². The molecular formula is C6H16N2. The Labute approximate surface area is 51.4 Å². The Hall–Kier alpha value is -0.0800. The van der Waals surface area contributed by atoms with Gasteiger partial charge in [-0.1, -0.05) is 20.8 Å². The summed E-state index contributed by atoms with van der Waals surface area (Å²) in [6.45, 7) is 6.45. The number of rotatable bonds is 3. The SMILES string of the molecule is CCC(NN)C(C)C. The first kappa shape index (κ1) is 7.92. The number of hydrogen-bond acceptors (Lipinski definition) is 2. The van der Waals surface area contributed by atoms with Crippen molar-refractivity contribution in [3.05, 3.63) is 0 Å². The molecule has 0 fully saturated rings. The Kier molecular flexibility index (Phi) is 3.83. The Morgan fingerprint density at radius 3 is 2.00 bits per heavy atom. The van der Waals surface area contributed by atoms with Crippen LogP contribution in [0, 0.1) is 5.92 Å². The first-order chi connectivity index (χ1) is 3.72. The predicted molar refractivity (Wildman–Crippen MR) is 36.2 cm³/mol. The van der Waals surface area contributed by atoms with Gasteiger partial charge in [0.05, 0.1) is 0 Å².